The van der Waals surface area contributed by atoms with Crippen molar-refractivity contribution in [3.8, 4) is 0 Å². The van der Waals surface area contributed by atoms with Crippen LogP contribution in [0.4, 0.5) is 0 Å². The summed E-state index contributed by atoms with van der Waals surface area (Å²) in [6, 6.07) is 0. The zero-order valence-electron chi connectivity index (χ0n) is 9.93. The van der Waals surface area contributed by atoms with Crippen LogP contribution in [-0.2, 0) is 0 Å². The summed E-state index contributed by atoms with van der Waals surface area (Å²) in [6.45, 7) is 9.89. The molecule has 2 N–H and O–H groups in total. The van der Waals surface area contributed by atoms with E-state index in [2.05, 4.69) is 38.1 Å². The summed E-state index contributed by atoms with van der Waals surface area (Å²) in [5.74, 6) is 0. The molecule has 0 saturated carbocycles. The molecule has 14 heavy (non-hydrogen) atoms. The molecule has 0 aliphatic carbocycles. The second-order valence-corrected chi connectivity index (χ2v) is 5.45. The fourth-order valence-corrected chi connectivity index (χ4v) is 2.59. The predicted octanol–water partition coefficient (Wildman–Crippen LogP) is 1.53. The number of aliphatic hydroxyl groups excluding tert-OH is 1. The van der Waals surface area contributed by atoms with Gasteiger partial charge in [-0.15, -0.1) is 0 Å². The van der Waals surface area contributed by atoms with E-state index >= 15 is 0 Å². The van der Waals surface area contributed by atoms with Crippen molar-refractivity contribution in [3.63, 3.8) is 0 Å². The Labute approximate surface area is 87.5 Å². The molecule has 0 atom stereocenters. The van der Waals surface area contributed by atoms with E-state index in [-0.39, 0.29) is 17.7 Å². The lowest BCUT2D eigenvalue weighted by atomic mass is 9.82. The van der Waals surface area contributed by atoms with Crippen LogP contribution in [0.25, 0.3) is 0 Å². The standard InChI is InChI=1S/C11H24N2O/c1-10(2)6-5-7-11(3,4)13(10)12-8-9-14/h12,14H,5-9H2,1-4H3. The van der Waals surface area contributed by atoms with Crippen molar-refractivity contribution in [1.29, 1.82) is 0 Å². The number of hydrogen-bond donors (Lipinski definition) is 2. The Morgan fingerprint density at radius 1 is 1.14 bits per heavy atom. The Hall–Kier alpha value is -0.120. The van der Waals surface area contributed by atoms with Gasteiger partial charge in [0.05, 0.1) is 6.61 Å². The topological polar surface area (TPSA) is 35.5 Å². The van der Waals surface area contributed by atoms with E-state index in [1.165, 1.54) is 19.3 Å². The van der Waals surface area contributed by atoms with Gasteiger partial charge in [-0.25, -0.2) is 5.01 Å². The lowest BCUT2D eigenvalue weighted by Gasteiger charge is -2.52. The number of rotatable bonds is 3. The normalized spacial score (nSPS) is 26.4. The molecule has 1 heterocycles. The van der Waals surface area contributed by atoms with Crippen LogP contribution in [0.3, 0.4) is 0 Å². The van der Waals surface area contributed by atoms with E-state index in [0.717, 1.165) is 0 Å². The summed E-state index contributed by atoms with van der Waals surface area (Å²) < 4.78 is 0. The van der Waals surface area contributed by atoms with Gasteiger partial charge in [0.1, 0.15) is 0 Å². The van der Waals surface area contributed by atoms with E-state index in [1.807, 2.05) is 0 Å². The second-order valence-electron chi connectivity index (χ2n) is 5.45. The van der Waals surface area contributed by atoms with Crippen molar-refractivity contribution < 1.29 is 5.11 Å². The summed E-state index contributed by atoms with van der Waals surface area (Å²) in [5.41, 5.74) is 3.72. The molecule has 1 saturated heterocycles. The number of aliphatic hydroxyl groups is 1. The Balaban J connectivity index is 2.70. The molecule has 0 unspecified atom stereocenters. The minimum absolute atomic E-state index is 0.191. The molecule has 3 nitrogen and oxygen atoms in total. The molecule has 84 valence electrons. The zero-order valence-corrected chi connectivity index (χ0v) is 9.93. The first-order valence-electron chi connectivity index (χ1n) is 5.55. The first-order valence-corrected chi connectivity index (χ1v) is 5.55. The molecule has 0 aromatic carbocycles. The third-order valence-corrected chi connectivity index (χ3v) is 3.17. The fraction of sp³-hybridized carbons (Fsp3) is 1.00. The van der Waals surface area contributed by atoms with Crippen LogP contribution < -0.4 is 5.43 Å². The van der Waals surface area contributed by atoms with E-state index in [0.29, 0.717) is 6.54 Å². The summed E-state index contributed by atoms with van der Waals surface area (Å²) in [7, 11) is 0. The summed E-state index contributed by atoms with van der Waals surface area (Å²) in [4.78, 5) is 0. The lowest BCUT2D eigenvalue weighted by Crippen LogP contribution is -2.64. The quantitative estimate of drug-likeness (QED) is 0.725. The van der Waals surface area contributed by atoms with Gasteiger partial charge in [0, 0.05) is 17.6 Å². The molecule has 0 aromatic rings. The van der Waals surface area contributed by atoms with Crippen molar-refractivity contribution in [3.05, 3.63) is 0 Å². The van der Waals surface area contributed by atoms with Gasteiger partial charge in [0.15, 0.2) is 0 Å². The summed E-state index contributed by atoms with van der Waals surface area (Å²) in [5, 5.41) is 11.2. The van der Waals surface area contributed by atoms with Crippen molar-refractivity contribution in [2.45, 2.75) is 58.0 Å². The van der Waals surface area contributed by atoms with Gasteiger partial charge in [0.25, 0.3) is 0 Å². The Kier molecular flexibility index (Phi) is 3.56. The third-order valence-electron chi connectivity index (χ3n) is 3.17. The molecule has 0 radical (unpaired) electrons. The minimum Gasteiger partial charge on any atom is -0.395 e. The first-order chi connectivity index (χ1) is 6.40. The molecule has 1 aliphatic rings. The monoisotopic (exact) mass is 200 g/mol. The van der Waals surface area contributed by atoms with Crippen LogP contribution in [0.2, 0.25) is 0 Å². The molecule has 1 fully saturated rings. The van der Waals surface area contributed by atoms with Crippen molar-refractivity contribution in [1.82, 2.24) is 10.4 Å². The number of piperidine rings is 1. The SMILES string of the molecule is CC1(C)CCCC(C)(C)N1NCCO. The van der Waals surface area contributed by atoms with E-state index < -0.39 is 0 Å². The molecule has 3 heteroatoms. The number of nitrogens with zero attached hydrogens (tertiary/aromatic N) is 1. The largest absolute Gasteiger partial charge is 0.395 e. The van der Waals surface area contributed by atoms with Crippen LogP contribution in [0, 0.1) is 0 Å². The van der Waals surface area contributed by atoms with Crippen molar-refractivity contribution in [2.75, 3.05) is 13.2 Å². The Bertz CT molecular complexity index is 174. The van der Waals surface area contributed by atoms with Gasteiger partial charge in [0.2, 0.25) is 0 Å². The average Bonchev–Trinajstić information content (AvgIpc) is 2.01. The second kappa shape index (κ2) is 4.17. The van der Waals surface area contributed by atoms with Crippen LogP contribution in [-0.4, -0.2) is 34.3 Å². The van der Waals surface area contributed by atoms with Crippen LogP contribution in [0.15, 0.2) is 0 Å². The van der Waals surface area contributed by atoms with Crippen LogP contribution in [0.5, 0.6) is 0 Å². The number of hydrazine groups is 1. The van der Waals surface area contributed by atoms with Gasteiger partial charge >= 0.3 is 0 Å². The van der Waals surface area contributed by atoms with E-state index in [9.17, 15) is 0 Å². The van der Waals surface area contributed by atoms with E-state index in [4.69, 9.17) is 5.11 Å². The molecular weight excluding hydrogens is 176 g/mol. The number of nitrogens with one attached hydrogen (secondary N) is 1. The van der Waals surface area contributed by atoms with Gasteiger partial charge < -0.3 is 5.11 Å². The summed E-state index contributed by atoms with van der Waals surface area (Å²) >= 11 is 0. The van der Waals surface area contributed by atoms with Crippen LogP contribution >= 0.6 is 0 Å². The zero-order chi connectivity index (χ0) is 10.8. The Morgan fingerprint density at radius 2 is 1.64 bits per heavy atom. The molecule has 0 aromatic heterocycles. The highest BCUT2D eigenvalue weighted by atomic mass is 16.3. The predicted molar refractivity (Wildman–Crippen MR) is 58.9 cm³/mol. The molecular formula is C11H24N2O. The minimum atomic E-state index is 0.191. The highest BCUT2D eigenvalue weighted by Gasteiger charge is 2.40. The fourth-order valence-electron chi connectivity index (χ4n) is 2.59. The summed E-state index contributed by atoms with van der Waals surface area (Å²) in [6.07, 6.45) is 3.72. The smallest absolute Gasteiger partial charge is 0.0570 e. The first kappa shape index (κ1) is 12.0. The Morgan fingerprint density at radius 3 is 2.07 bits per heavy atom. The molecule has 1 aliphatic heterocycles. The molecule has 0 spiro atoms. The highest BCUT2D eigenvalue weighted by Crippen LogP contribution is 2.36. The average molecular weight is 200 g/mol. The lowest BCUT2D eigenvalue weighted by molar-refractivity contribution is -0.0722. The van der Waals surface area contributed by atoms with Gasteiger partial charge in [-0.2, -0.15) is 0 Å². The van der Waals surface area contributed by atoms with E-state index in [1.54, 1.807) is 0 Å². The van der Waals surface area contributed by atoms with Gasteiger partial charge in [-0.3, -0.25) is 5.43 Å². The van der Waals surface area contributed by atoms with Crippen LogP contribution in [0.1, 0.15) is 47.0 Å². The van der Waals surface area contributed by atoms with Crippen molar-refractivity contribution in [2.24, 2.45) is 0 Å². The maximum atomic E-state index is 8.85. The molecule has 0 bridgehead atoms. The maximum Gasteiger partial charge on any atom is 0.0570 e. The molecule has 1 rings (SSSR count). The van der Waals surface area contributed by atoms with Crippen molar-refractivity contribution >= 4 is 0 Å². The third kappa shape index (κ3) is 2.47. The number of hydrogen-bond acceptors (Lipinski definition) is 3. The highest BCUT2D eigenvalue weighted by molar-refractivity contribution is 4.94. The molecule has 0 amide bonds. The van der Waals surface area contributed by atoms with Gasteiger partial charge in [-0.1, -0.05) is 0 Å². The maximum absolute atomic E-state index is 8.85. The van der Waals surface area contributed by atoms with Gasteiger partial charge in [-0.05, 0) is 47.0 Å².